The van der Waals surface area contributed by atoms with Gasteiger partial charge in [0.1, 0.15) is 0 Å². The van der Waals surface area contributed by atoms with Crippen LogP contribution >= 0.6 is 11.6 Å². The molecule has 3 nitrogen and oxygen atoms in total. The Hall–Kier alpha value is -1.48. The van der Waals surface area contributed by atoms with E-state index in [9.17, 15) is 4.79 Å². The molecule has 2 amide bonds. The first-order valence-corrected chi connectivity index (χ1v) is 10.2. The van der Waals surface area contributed by atoms with Gasteiger partial charge >= 0.3 is 6.03 Å². The minimum absolute atomic E-state index is 0.0428. The van der Waals surface area contributed by atoms with Crippen LogP contribution in [0.3, 0.4) is 0 Å². The van der Waals surface area contributed by atoms with Crippen LogP contribution in [0.4, 0.5) is 4.79 Å². The first-order valence-electron chi connectivity index (χ1n) is 9.78. The topological polar surface area (TPSA) is 32.3 Å². The molecule has 2 rings (SSSR count). The number of rotatable bonds is 7. The van der Waals surface area contributed by atoms with E-state index in [0.717, 1.165) is 36.4 Å². The van der Waals surface area contributed by atoms with E-state index in [1.807, 2.05) is 12.3 Å². The maximum atomic E-state index is 12.6. The van der Waals surface area contributed by atoms with Crippen LogP contribution in [0.25, 0.3) is 0 Å². The summed E-state index contributed by atoms with van der Waals surface area (Å²) in [4.78, 5) is 14.4. The molecule has 0 unspecified atom stereocenters. The molecule has 0 fully saturated rings. The van der Waals surface area contributed by atoms with Gasteiger partial charge in [0.25, 0.3) is 0 Å². The third-order valence-corrected chi connectivity index (χ3v) is 5.55. The molecular formula is C22H33ClN2O. The number of carbonyl (C=O) groups is 1. The molecular weight excluding hydrogens is 344 g/mol. The highest BCUT2D eigenvalue weighted by atomic mass is 35.5. The molecule has 0 spiro atoms. The zero-order valence-electron chi connectivity index (χ0n) is 17.0. The predicted molar refractivity (Wildman–Crippen MR) is 110 cm³/mol. The molecule has 1 aliphatic heterocycles. The summed E-state index contributed by atoms with van der Waals surface area (Å²) in [5.41, 5.74) is 2.89. The predicted octanol–water partition coefficient (Wildman–Crippen LogP) is 6.12. The molecule has 0 bridgehead atoms. The number of nitrogens with zero attached hydrogens (tertiary/aromatic N) is 1. The van der Waals surface area contributed by atoms with Gasteiger partial charge in [0.05, 0.1) is 5.54 Å². The number of amides is 2. The molecule has 1 heterocycles. The highest BCUT2D eigenvalue weighted by Gasteiger charge is 2.39. The summed E-state index contributed by atoms with van der Waals surface area (Å²) in [6.45, 7) is 13.7. The smallest absolute Gasteiger partial charge is 0.322 e. The Balaban J connectivity index is 2.39. The van der Waals surface area contributed by atoms with E-state index in [1.54, 1.807) is 4.90 Å². The molecule has 4 heteroatoms. The van der Waals surface area contributed by atoms with Crippen LogP contribution in [0.2, 0.25) is 5.02 Å². The quantitative estimate of drug-likeness (QED) is 0.610. The van der Waals surface area contributed by atoms with Crippen molar-refractivity contribution in [1.29, 1.82) is 0 Å². The van der Waals surface area contributed by atoms with Gasteiger partial charge in [-0.2, -0.15) is 0 Å². The molecule has 1 aliphatic rings. The van der Waals surface area contributed by atoms with Crippen molar-refractivity contribution >= 4 is 17.6 Å². The van der Waals surface area contributed by atoms with Crippen LogP contribution in [0.1, 0.15) is 65.5 Å². The lowest BCUT2D eigenvalue weighted by atomic mass is 9.78. The van der Waals surface area contributed by atoms with Crippen molar-refractivity contribution in [2.45, 2.75) is 66.3 Å². The van der Waals surface area contributed by atoms with Crippen molar-refractivity contribution in [2.24, 2.45) is 11.8 Å². The number of urea groups is 1. The van der Waals surface area contributed by atoms with Gasteiger partial charge in [-0.25, -0.2) is 4.79 Å². The SMILES string of the molecule is CCCN1C=C(C(C)C)[C@](C)(c2ccc(CCC(C)C)c(Cl)c2)NC1=O. The highest BCUT2D eigenvalue weighted by molar-refractivity contribution is 6.31. The van der Waals surface area contributed by atoms with Gasteiger partial charge in [0.2, 0.25) is 0 Å². The van der Waals surface area contributed by atoms with Gasteiger partial charge in [-0.15, -0.1) is 0 Å². The molecule has 0 saturated carbocycles. The molecule has 144 valence electrons. The van der Waals surface area contributed by atoms with Crippen LogP contribution in [-0.4, -0.2) is 17.5 Å². The van der Waals surface area contributed by atoms with Crippen LogP contribution < -0.4 is 5.32 Å². The summed E-state index contributed by atoms with van der Waals surface area (Å²) in [7, 11) is 0. The monoisotopic (exact) mass is 376 g/mol. The second-order valence-electron chi connectivity index (χ2n) is 8.23. The molecule has 0 aliphatic carbocycles. The standard InChI is InChI=1S/C22H33ClN2O/c1-7-12-25-14-19(16(4)5)22(6,24-21(25)26)18-11-10-17(20(23)13-18)9-8-15(2)3/h10-11,13-16H,7-9,12H2,1-6H3,(H,24,26)/t22-/m0/s1. The van der Waals surface area contributed by atoms with E-state index >= 15 is 0 Å². The zero-order chi connectivity index (χ0) is 19.5. The zero-order valence-corrected chi connectivity index (χ0v) is 17.8. The summed E-state index contributed by atoms with van der Waals surface area (Å²) < 4.78 is 0. The number of aryl methyl sites for hydroxylation is 1. The number of hydrogen-bond acceptors (Lipinski definition) is 1. The number of hydrogen-bond donors (Lipinski definition) is 1. The molecule has 26 heavy (non-hydrogen) atoms. The normalized spacial score (nSPS) is 20.6. The Labute approximate surface area is 163 Å². The second kappa shape index (κ2) is 8.47. The third kappa shape index (κ3) is 4.43. The van der Waals surface area contributed by atoms with Crippen molar-refractivity contribution in [2.75, 3.05) is 6.54 Å². The van der Waals surface area contributed by atoms with Gasteiger partial charge in [-0.1, -0.05) is 58.4 Å². The summed E-state index contributed by atoms with van der Waals surface area (Å²) >= 11 is 6.59. The fourth-order valence-corrected chi connectivity index (χ4v) is 3.87. The lowest BCUT2D eigenvalue weighted by molar-refractivity contribution is 0.194. The fourth-order valence-electron chi connectivity index (χ4n) is 3.59. The molecule has 1 atom stereocenters. The first kappa shape index (κ1) is 20.8. The first-order chi connectivity index (χ1) is 12.2. The van der Waals surface area contributed by atoms with E-state index < -0.39 is 5.54 Å². The van der Waals surface area contributed by atoms with E-state index in [0.29, 0.717) is 11.8 Å². The van der Waals surface area contributed by atoms with Gasteiger partial charge in [-0.05, 0) is 60.8 Å². The number of nitrogens with one attached hydrogen (secondary N) is 1. The maximum absolute atomic E-state index is 12.6. The number of halogens is 1. The van der Waals surface area contributed by atoms with E-state index in [1.165, 1.54) is 11.1 Å². The Kier molecular flexibility index (Phi) is 6.79. The number of carbonyl (C=O) groups excluding carboxylic acids is 1. The van der Waals surface area contributed by atoms with Gasteiger partial charge < -0.3 is 10.2 Å². The van der Waals surface area contributed by atoms with Crippen molar-refractivity contribution in [3.8, 4) is 0 Å². The minimum atomic E-state index is -0.532. The van der Waals surface area contributed by atoms with E-state index in [-0.39, 0.29) is 6.03 Å². The molecule has 1 aromatic rings. The van der Waals surface area contributed by atoms with E-state index in [4.69, 9.17) is 11.6 Å². The lowest BCUT2D eigenvalue weighted by Gasteiger charge is -2.42. The summed E-state index contributed by atoms with van der Waals surface area (Å²) in [5.74, 6) is 0.972. The number of benzene rings is 1. The minimum Gasteiger partial charge on any atom is -0.325 e. The van der Waals surface area contributed by atoms with Crippen molar-refractivity contribution in [1.82, 2.24) is 10.2 Å². The summed E-state index contributed by atoms with van der Waals surface area (Å²) in [6.07, 6.45) is 5.07. The third-order valence-electron chi connectivity index (χ3n) is 5.20. The van der Waals surface area contributed by atoms with Crippen LogP contribution in [0, 0.1) is 11.8 Å². The highest BCUT2D eigenvalue weighted by Crippen LogP contribution is 2.38. The van der Waals surface area contributed by atoms with Gasteiger partial charge in [0.15, 0.2) is 0 Å². The van der Waals surface area contributed by atoms with Crippen LogP contribution in [0.5, 0.6) is 0 Å². The lowest BCUT2D eigenvalue weighted by Crippen LogP contribution is -2.54. The molecule has 1 N–H and O–H groups in total. The molecule has 1 aromatic carbocycles. The van der Waals surface area contributed by atoms with Crippen LogP contribution in [0.15, 0.2) is 30.0 Å². The van der Waals surface area contributed by atoms with Crippen LogP contribution in [-0.2, 0) is 12.0 Å². The summed E-state index contributed by atoms with van der Waals surface area (Å²) in [5, 5.41) is 4.02. The maximum Gasteiger partial charge on any atom is 0.322 e. The van der Waals surface area contributed by atoms with Gasteiger partial charge in [0, 0.05) is 17.8 Å². The fraction of sp³-hybridized carbons (Fsp3) is 0.591. The summed E-state index contributed by atoms with van der Waals surface area (Å²) in [6, 6.07) is 6.23. The van der Waals surface area contributed by atoms with E-state index in [2.05, 4.69) is 59.0 Å². The second-order valence-corrected chi connectivity index (χ2v) is 8.63. The molecule has 0 saturated heterocycles. The Bertz CT molecular complexity index is 681. The molecule has 0 aromatic heterocycles. The largest absolute Gasteiger partial charge is 0.325 e. The Morgan fingerprint density at radius 2 is 1.92 bits per heavy atom. The Morgan fingerprint density at radius 1 is 1.23 bits per heavy atom. The van der Waals surface area contributed by atoms with Crippen molar-refractivity contribution < 1.29 is 4.79 Å². The Morgan fingerprint density at radius 3 is 2.46 bits per heavy atom. The average Bonchev–Trinajstić information content (AvgIpc) is 2.55. The molecule has 0 radical (unpaired) electrons. The van der Waals surface area contributed by atoms with Crippen molar-refractivity contribution in [3.05, 3.63) is 46.1 Å². The average molecular weight is 377 g/mol. The van der Waals surface area contributed by atoms with Gasteiger partial charge in [-0.3, -0.25) is 0 Å². The van der Waals surface area contributed by atoms with Crippen molar-refractivity contribution in [3.63, 3.8) is 0 Å².